The molecule has 0 bridgehead atoms. The number of guanidine groups is 1. The van der Waals surface area contributed by atoms with E-state index in [9.17, 15) is 8.42 Å². The van der Waals surface area contributed by atoms with Crippen LogP contribution in [-0.2, 0) is 16.6 Å². The first-order chi connectivity index (χ1) is 10.2. The second-order valence-electron chi connectivity index (χ2n) is 4.71. The largest absolute Gasteiger partial charge is 0.357 e. The fourth-order valence-electron chi connectivity index (χ4n) is 1.74. The summed E-state index contributed by atoms with van der Waals surface area (Å²) < 4.78 is 21.9. The second-order valence-corrected chi connectivity index (χ2v) is 7.26. The lowest BCUT2D eigenvalue weighted by Crippen LogP contribution is -2.39. The van der Waals surface area contributed by atoms with Crippen LogP contribution in [0, 0.1) is 0 Å². The summed E-state index contributed by atoms with van der Waals surface area (Å²) in [6.07, 6.45) is 0. The van der Waals surface area contributed by atoms with E-state index < -0.39 is 10.0 Å². The van der Waals surface area contributed by atoms with Gasteiger partial charge in [-0.15, -0.1) is 24.0 Å². The molecule has 0 aliphatic rings. The van der Waals surface area contributed by atoms with E-state index in [1.54, 1.807) is 12.1 Å². The van der Waals surface area contributed by atoms with Crippen molar-refractivity contribution in [3.63, 3.8) is 0 Å². The second kappa shape index (κ2) is 10.5. The maximum absolute atomic E-state index is 10.9. The van der Waals surface area contributed by atoms with E-state index in [-0.39, 0.29) is 36.3 Å². The van der Waals surface area contributed by atoms with Crippen LogP contribution in [0.15, 0.2) is 23.2 Å². The lowest BCUT2D eigenvalue weighted by atomic mass is 10.2. The van der Waals surface area contributed by atoms with Gasteiger partial charge in [-0.25, -0.2) is 13.6 Å². The molecule has 132 valence electrons. The number of sulfonamides is 1. The molecule has 0 amide bonds. The Bertz CT molecular complexity index is 641. The SMILES string of the molecule is CCNC(=NCCS(N)(=O)=O)N(C)Cc1ccc(Cl)c(Cl)c1.I. The van der Waals surface area contributed by atoms with Gasteiger partial charge in [-0.05, 0) is 24.6 Å². The van der Waals surface area contributed by atoms with Crippen LogP contribution in [0.25, 0.3) is 0 Å². The minimum absolute atomic E-state index is 0. The number of halogens is 3. The zero-order valence-corrected chi connectivity index (χ0v) is 17.6. The van der Waals surface area contributed by atoms with Crippen LogP contribution >= 0.6 is 47.2 Å². The summed E-state index contributed by atoms with van der Waals surface area (Å²) >= 11 is 11.9. The molecule has 1 aromatic carbocycles. The van der Waals surface area contributed by atoms with E-state index in [1.165, 1.54) is 0 Å². The number of nitrogens with zero attached hydrogens (tertiary/aromatic N) is 2. The molecule has 3 N–H and O–H groups in total. The lowest BCUT2D eigenvalue weighted by molar-refractivity contribution is 0.477. The molecule has 0 aliphatic heterocycles. The topological polar surface area (TPSA) is 87.8 Å². The van der Waals surface area contributed by atoms with Gasteiger partial charge in [0.2, 0.25) is 10.0 Å². The van der Waals surface area contributed by atoms with Gasteiger partial charge in [0.05, 0.1) is 22.3 Å². The maximum atomic E-state index is 10.9. The van der Waals surface area contributed by atoms with Crippen LogP contribution < -0.4 is 10.5 Å². The van der Waals surface area contributed by atoms with E-state index in [1.807, 2.05) is 24.9 Å². The standard InChI is InChI=1S/C13H20Cl2N4O2S.HI/c1-3-17-13(18-6-7-22(16,20)21)19(2)9-10-4-5-11(14)12(15)8-10;/h4-5,8H,3,6-7,9H2,1-2H3,(H,17,18)(H2,16,20,21);1H. The molecule has 0 fully saturated rings. The van der Waals surface area contributed by atoms with E-state index in [4.69, 9.17) is 28.3 Å². The van der Waals surface area contributed by atoms with Gasteiger partial charge in [-0.3, -0.25) is 4.99 Å². The summed E-state index contributed by atoms with van der Waals surface area (Å²) in [5, 5.41) is 9.06. The number of aliphatic imine (C=N–C) groups is 1. The van der Waals surface area contributed by atoms with Crippen molar-refractivity contribution in [2.45, 2.75) is 13.5 Å². The average molecular weight is 495 g/mol. The highest BCUT2D eigenvalue weighted by molar-refractivity contribution is 14.0. The van der Waals surface area contributed by atoms with Crippen molar-refractivity contribution in [3.05, 3.63) is 33.8 Å². The van der Waals surface area contributed by atoms with E-state index in [0.717, 1.165) is 5.56 Å². The van der Waals surface area contributed by atoms with Crippen LogP contribution in [-0.4, -0.2) is 45.2 Å². The average Bonchev–Trinajstić information content (AvgIpc) is 2.40. The predicted octanol–water partition coefficient (Wildman–Crippen LogP) is 2.30. The normalized spacial score (nSPS) is 11.8. The van der Waals surface area contributed by atoms with Crippen LogP contribution in [0.2, 0.25) is 10.0 Å². The maximum Gasteiger partial charge on any atom is 0.210 e. The van der Waals surface area contributed by atoms with Gasteiger partial charge in [0, 0.05) is 20.1 Å². The van der Waals surface area contributed by atoms with Gasteiger partial charge < -0.3 is 10.2 Å². The van der Waals surface area contributed by atoms with Crippen molar-refractivity contribution in [2.75, 3.05) is 25.9 Å². The Balaban J connectivity index is 0.00000484. The highest BCUT2D eigenvalue weighted by atomic mass is 127. The molecular weight excluding hydrogens is 474 g/mol. The number of benzene rings is 1. The van der Waals surface area contributed by atoms with Gasteiger partial charge in [-0.1, -0.05) is 29.3 Å². The Morgan fingerprint density at radius 2 is 2.00 bits per heavy atom. The summed E-state index contributed by atoms with van der Waals surface area (Å²) in [6, 6.07) is 5.39. The molecule has 0 aromatic heterocycles. The van der Waals surface area contributed by atoms with Gasteiger partial charge in [0.25, 0.3) is 0 Å². The van der Waals surface area contributed by atoms with Crippen molar-refractivity contribution in [3.8, 4) is 0 Å². The van der Waals surface area contributed by atoms with E-state index >= 15 is 0 Å². The number of nitrogens with two attached hydrogens (primary N) is 1. The van der Waals surface area contributed by atoms with Crippen molar-refractivity contribution >= 4 is 63.2 Å². The summed E-state index contributed by atoms with van der Waals surface area (Å²) in [7, 11) is -1.67. The Morgan fingerprint density at radius 3 is 2.52 bits per heavy atom. The van der Waals surface area contributed by atoms with Gasteiger partial charge in [0.1, 0.15) is 0 Å². The van der Waals surface area contributed by atoms with Crippen LogP contribution in [0.5, 0.6) is 0 Å². The number of primary sulfonamides is 1. The number of hydrogen-bond acceptors (Lipinski definition) is 3. The monoisotopic (exact) mass is 494 g/mol. The third kappa shape index (κ3) is 8.94. The third-order valence-electron chi connectivity index (χ3n) is 2.74. The summed E-state index contributed by atoms with van der Waals surface area (Å²) in [5.41, 5.74) is 0.967. The lowest BCUT2D eigenvalue weighted by Gasteiger charge is -2.22. The molecule has 1 aromatic rings. The van der Waals surface area contributed by atoms with Crippen LogP contribution in [0.3, 0.4) is 0 Å². The molecule has 23 heavy (non-hydrogen) atoms. The molecule has 0 unspecified atom stereocenters. The first-order valence-electron chi connectivity index (χ1n) is 6.66. The van der Waals surface area contributed by atoms with Gasteiger partial charge >= 0.3 is 0 Å². The first kappa shape index (κ1) is 22.7. The molecule has 0 spiro atoms. The predicted molar refractivity (Wildman–Crippen MR) is 107 cm³/mol. The minimum atomic E-state index is -3.52. The highest BCUT2D eigenvalue weighted by Crippen LogP contribution is 2.23. The molecule has 0 aliphatic carbocycles. The Kier molecular flexibility index (Phi) is 10.4. The zero-order chi connectivity index (χ0) is 16.8. The summed E-state index contributed by atoms with van der Waals surface area (Å²) in [4.78, 5) is 6.12. The summed E-state index contributed by atoms with van der Waals surface area (Å²) in [6.45, 7) is 3.26. The third-order valence-corrected chi connectivity index (χ3v) is 4.23. The molecule has 0 saturated heterocycles. The molecule has 1 rings (SSSR count). The van der Waals surface area contributed by atoms with Gasteiger partial charge in [-0.2, -0.15) is 0 Å². The Labute approximate surface area is 164 Å². The van der Waals surface area contributed by atoms with Gasteiger partial charge in [0.15, 0.2) is 5.96 Å². The zero-order valence-electron chi connectivity index (χ0n) is 12.9. The molecule has 10 heteroatoms. The molecular formula is C13H21Cl2IN4O2S. The Morgan fingerprint density at radius 1 is 1.35 bits per heavy atom. The fraction of sp³-hybridized carbons (Fsp3) is 0.462. The van der Waals surface area contributed by atoms with Crippen molar-refractivity contribution in [2.24, 2.45) is 10.1 Å². The number of rotatable bonds is 6. The van der Waals surface area contributed by atoms with Crippen molar-refractivity contribution < 1.29 is 8.42 Å². The number of hydrogen-bond donors (Lipinski definition) is 2. The highest BCUT2D eigenvalue weighted by Gasteiger charge is 2.09. The fourth-order valence-corrected chi connectivity index (χ4v) is 2.40. The van der Waals surface area contributed by atoms with E-state index in [0.29, 0.717) is 29.1 Å². The molecule has 0 radical (unpaired) electrons. The quantitative estimate of drug-likeness (QED) is 0.361. The summed E-state index contributed by atoms with van der Waals surface area (Å²) in [5.74, 6) is 0.403. The molecule has 0 heterocycles. The Hall–Kier alpha value is -0.290. The van der Waals surface area contributed by atoms with Crippen molar-refractivity contribution in [1.29, 1.82) is 0 Å². The molecule has 6 nitrogen and oxygen atoms in total. The van der Waals surface area contributed by atoms with Crippen molar-refractivity contribution in [1.82, 2.24) is 10.2 Å². The molecule has 0 atom stereocenters. The minimum Gasteiger partial charge on any atom is -0.357 e. The van der Waals surface area contributed by atoms with E-state index in [2.05, 4.69) is 10.3 Å². The van der Waals surface area contributed by atoms with Crippen LogP contribution in [0.1, 0.15) is 12.5 Å². The number of nitrogens with one attached hydrogen (secondary N) is 1. The molecule has 0 saturated carbocycles. The smallest absolute Gasteiger partial charge is 0.210 e. The van der Waals surface area contributed by atoms with Crippen LogP contribution in [0.4, 0.5) is 0 Å². The first-order valence-corrected chi connectivity index (χ1v) is 9.14.